The molecule has 1 aliphatic heterocycles. The molecule has 6 rings (SSSR count). The highest BCUT2D eigenvalue weighted by Gasteiger charge is 2.32. The first-order valence-electron chi connectivity index (χ1n) is 10.2. The van der Waals surface area contributed by atoms with Crippen molar-refractivity contribution in [3.63, 3.8) is 0 Å². The number of hydrogen-bond donors (Lipinski definition) is 1. The zero-order chi connectivity index (χ0) is 21.9. The molecule has 0 amide bonds. The SMILES string of the molecule is FC(F)(F)c1cc(-c2nc(N3CCOCC3)c3oc4ccccc4c3n2)c2cc[nH]c2c1. The fraction of sp³-hybridized carbons (Fsp3) is 0.217. The molecule has 0 unspecified atom stereocenters. The molecule has 2 aromatic carbocycles. The van der Waals surface area contributed by atoms with Gasteiger partial charge in [-0.25, -0.2) is 9.97 Å². The Labute approximate surface area is 179 Å². The third-order valence-electron chi connectivity index (χ3n) is 5.75. The van der Waals surface area contributed by atoms with Crippen molar-refractivity contribution in [2.75, 3.05) is 31.2 Å². The van der Waals surface area contributed by atoms with Gasteiger partial charge in [-0.05, 0) is 30.3 Å². The first-order chi connectivity index (χ1) is 15.5. The van der Waals surface area contributed by atoms with E-state index in [2.05, 4.69) is 4.98 Å². The monoisotopic (exact) mass is 438 g/mol. The molecule has 9 heteroatoms. The number of morpholine rings is 1. The van der Waals surface area contributed by atoms with Gasteiger partial charge in [-0.15, -0.1) is 0 Å². The number of benzene rings is 2. The summed E-state index contributed by atoms with van der Waals surface area (Å²) in [6, 6.07) is 11.4. The van der Waals surface area contributed by atoms with Crippen molar-refractivity contribution in [3.05, 3.63) is 54.2 Å². The number of alkyl halides is 3. The van der Waals surface area contributed by atoms with E-state index in [1.807, 2.05) is 29.2 Å². The molecule has 0 spiro atoms. The predicted molar refractivity (Wildman–Crippen MR) is 115 cm³/mol. The zero-order valence-corrected chi connectivity index (χ0v) is 16.7. The average Bonchev–Trinajstić information content (AvgIpc) is 3.42. The highest BCUT2D eigenvalue weighted by Crippen LogP contribution is 2.39. The summed E-state index contributed by atoms with van der Waals surface area (Å²) >= 11 is 0. The van der Waals surface area contributed by atoms with E-state index in [0.717, 1.165) is 17.5 Å². The summed E-state index contributed by atoms with van der Waals surface area (Å²) < 4.78 is 52.4. The zero-order valence-electron chi connectivity index (χ0n) is 16.7. The van der Waals surface area contributed by atoms with Crippen LogP contribution in [0.15, 0.2) is 53.1 Å². The lowest BCUT2D eigenvalue weighted by Crippen LogP contribution is -2.37. The standard InChI is InChI=1S/C23H17F3N4O2/c24-23(25,26)13-11-16(14-5-6-27-17(14)12-13)21-28-19-15-3-1-2-4-18(15)32-20(19)22(29-21)30-7-9-31-10-8-30/h1-6,11-12,27H,7-10H2. The van der Waals surface area contributed by atoms with Crippen molar-refractivity contribution < 1.29 is 22.3 Å². The molecule has 5 aromatic rings. The van der Waals surface area contributed by atoms with Crippen molar-refractivity contribution in [2.24, 2.45) is 0 Å². The maximum atomic E-state index is 13.6. The van der Waals surface area contributed by atoms with Gasteiger partial charge in [0.05, 0.1) is 18.8 Å². The molecular formula is C23H17F3N4O2. The van der Waals surface area contributed by atoms with Crippen molar-refractivity contribution in [2.45, 2.75) is 6.18 Å². The molecule has 0 atom stereocenters. The second-order valence-electron chi connectivity index (χ2n) is 7.71. The average molecular weight is 438 g/mol. The van der Waals surface area contributed by atoms with E-state index in [1.54, 1.807) is 12.3 Å². The molecule has 6 nitrogen and oxygen atoms in total. The fourth-order valence-electron chi connectivity index (χ4n) is 4.20. The lowest BCUT2D eigenvalue weighted by atomic mass is 10.0. The Morgan fingerprint density at radius 1 is 0.969 bits per heavy atom. The van der Waals surface area contributed by atoms with E-state index in [0.29, 0.717) is 65.3 Å². The molecule has 0 bridgehead atoms. The van der Waals surface area contributed by atoms with Crippen LogP contribution in [-0.2, 0) is 10.9 Å². The minimum atomic E-state index is -4.49. The molecule has 0 aliphatic carbocycles. The predicted octanol–water partition coefficient (Wildman–Crippen LogP) is 5.38. The van der Waals surface area contributed by atoms with Crippen molar-refractivity contribution in [1.82, 2.24) is 15.0 Å². The van der Waals surface area contributed by atoms with Crippen LogP contribution >= 0.6 is 0 Å². The second kappa shape index (κ2) is 6.96. The van der Waals surface area contributed by atoms with E-state index in [4.69, 9.17) is 19.1 Å². The minimum absolute atomic E-state index is 0.223. The molecule has 1 saturated heterocycles. The first kappa shape index (κ1) is 19.1. The summed E-state index contributed by atoms with van der Waals surface area (Å²) in [4.78, 5) is 14.3. The van der Waals surface area contributed by atoms with Gasteiger partial charge in [0.1, 0.15) is 11.1 Å². The Morgan fingerprint density at radius 2 is 1.78 bits per heavy atom. The van der Waals surface area contributed by atoms with Crippen molar-refractivity contribution in [3.8, 4) is 11.4 Å². The van der Waals surface area contributed by atoms with Crippen LogP contribution in [0.2, 0.25) is 0 Å². The number of halogens is 3. The van der Waals surface area contributed by atoms with Gasteiger partial charge in [-0.1, -0.05) is 12.1 Å². The van der Waals surface area contributed by atoms with Crippen LogP contribution in [0.25, 0.3) is 44.4 Å². The summed E-state index contributed by atoms with van der Waals surface area (Å²) in [6.45, 7) is 2.27. The van der Waals surface area contributed by atoms with Gasteiger partial charge in [0.15, 0.2) is 17.2 Å². The third-order valence-corrected chi connectivity index (χ3v) is 5.75. The third kappa shape index (κ3) is 3.00. The molecule has 3 aromatic heterocycles. The largest absolute Gasteiger partial charge is 0.450 e. The number of ether oxygens (including phenoxy) is 1. The van der Waals surface area contributed by atoms with Gasteiger partial charge in [0.25, 0.3) is 0 Å². The number of para-hydroxylation sites is 1. The molecule has 1 fully saturated rings. The quantitative estimate of drug-likeness (QED) is 0.401. The maximum Gasteiger partial charge on any atom is 0.416 e. The molecule has 1 aliphatic rings. The highest BCUT2D eigenvalue weighted by molar-refractivity contribution is 6.07. The number of hydrogen-bond acceptors (Lipinski definition) is 5. The lowest BCUT2D eigenvalue weighted by molar-refractivity contribution is -0.137. The van der Waals surface area contributed by atoms with E-state index < -0.39 is 11.7 Å². The number of anilines is 1. The normalized spacial score (nSPS) is 15.3. The van der Waals surface area contributed by atoms with Crippen molar-refractivity contribution in [1.29, 1.82) is 0 Å². The van der Waals surface area contributed by atoms with Crippen LogP contribution in [-0.4, -0.2) is 41.3 Å². The molecule has 0 saturated carbocycles. The van der Waals surface area contributed by atoms with Gasteiger partial charge >= 0.3 is 6.18 Å². The maximum absolute atomic E-state index is 13.6. The van der Waals surface area contributed by atoms with Gasteiger partial charge in [-0.2, -0.15) is 13.2 Å². The van der Waals surface area contributed by atoms with Gasteiger partial charge in [0.2, 0.25) is 0 Å². The number of furan rings is 1. The summed E-state index contributed by atoms with van der Waals surface area (Å²) in [5.41, 5.74) is 1.69. The Kier molecular flexibility index (Phi) is 4.16. The smallest absolute Gasteiger partial charge is 0.416 e. The van der Waals surface area contributed by atoms with Crippen LogP contribution < -0.4 is 4.90 Å². The van der Waals surface area contributed by atoms with Gasteiger partial charge < -0.3 is 19.0 Å². The molecular weight excluding hydrogens is 421 g/mol. The minimum Gasteiger partial charge on any atom is -0.450 e. The molecule has 4 heterocycles. The van der Waals surface area contributed by atoms with E-state index >= 15 is 0 Å². The van der Waals surface area contributed by atoms with Crippen LogP contribution in [0.4, 0.5) is 19.0 Å². The van der Waals surface area contributed by atoms with Gasteiger partial charge in [-0.3, -0.25) is 0 Å². The number of nitrogens with one attached hydrogen (secondary N) is 1. The number of aromatic nitrogens is 3. The number of rotatable bonds is 2. The Hall–Kier alpha value is -3.59. The topological polar surface area (TPSA) is 67.2 Å². The summed E-state index contributed by atoms with van der Waals surface area (Å²) in [6.07, 6.45) is -2.88. The van der Waals surface area contributed by atoms with Crippen LogP contribution in [0.3, 0.4) is 0 Å². The Balaban J connectivity index is 1.67. The van der Waals surface area contributed by atoms with E-state index in [-0.39, 0.29) is 5.82 Å². The molecule has 0 radical (unpaired) electrons. The van der Waals surface area contributed by atoms with E-state index in [1.165, 1.54) is 0 Å². The number of fused-ring (bicyclic) bond motifs is 4. The lowest BCUT2D eigenvalue weighted by Gasteiger charge is -2.27. The Morgan fingerprint density at radius 3 is 2.59 bits per heavy atom. The van der Waals surface area contributed by atoms with Crippen LogP contribution in [0, 0.1) is 0 Å². The van der Waals surface area contributed by atoms with E-state index in [9.17, 15) is 13.2 Å². The molecule has 162 valence electrons. The number of aromatic amines is 1. The second-order valence-corrected chi connectivity index (χ2v) is 7.71. The number of H-pyrrole nitrogens is 1. The van der Waals surface area contributed by atoms with Crippen molar-refractivity contribution >= 4 is 38.8 Å². The summed E-state index contributed by atoms with van der Waals surface area (Å²) in [5, 5.41) is 1.41. The highest BCUT2D eigenvalue weighted by atomic mass is 19.4. The molecule has 32 heavy (non-hydrogen) atoms. The van der Waals surface area contributed by atoms with Crippen LogP contribution in [0.5, 0.6) is 0 Å². The summed E-state index contributed by atoms with van der Waals surface area (Å²) in [7, 11) is 0. The van der Waals surface area contributed by atoms with Gasteiger partial charge in [0, 0.05) is 41.1 Å². The fourth-order valence-corrected chi connectivity index (χ4v) is 4.20. The summed E-state index contributed by atoms with van der Waals surface area (Å²) in [5.74, 6) is 0.784. The first-order valence-corrected chi connectivity index (χ1v) is 10.2. The molecule has 1 N–H and O–H groups in total. The Bertz CT molecular complexity index is 1470. The number of nitrogens with zero attached hydrogens (tertiary/aromatic N) is 3. The van der Waals surface area contributed by atoms with Crippen LogP contribution in [0.1, 0.15) is 5.56 Å².